The first kappa shape index (κ1) is 21.3. The molecule has 3 aromatic rings. The van der Waals surface area contributed by atoms with Crippen LogP contribution in [0, 0.1) is 6.92 Å². The predicted octanol–water partition coefficient (Wildman–Crippen LogP) is 4.09. The van der Waals surface area contributed by atoms with Gasteiger partial charge in [0.05, 0.1) is 18.9 Å². The van der Waals surface area contributed by atoms with E-state index in [1.807, 2.05) is 48.7 Å². The zero-order valence-corrected chi connectivity index (χ0v) is 18.2. The molecule has 4 rings (SSSR count). The number of carbonyl (C=O) groups is 1. The molecule has 31 heavy (non-hydrogen) atoms. The van der Waals surface area contributed by atoms with E-state index in [0.29, 0.717) is 16.6 Å². The van der Waals surface area contributed by atoms with Gasteiger partial charge >= 0.3 is 0 Å². The van der Waals surface area contributed by atoms with Gasteiger partial charge in [-0.1, -0.05) is 17.7 Å². The number of thiazole rings is 1. The number of amides is 1. The van der Waals surface area contributed by atoms with E-state index in [2.05, 4.69) is 15.2 Å². The van der Waals surface area contributed by atoms with Crippen LogP contribution in [0.3, 0.4) is 0 Å². The van der Waals surface area contributed by atoms with Gasteiger partial charge < -0.3 is 14.2 Å². The van der Waals surface area contributed by atoms with Crippen molar-refractivity contribution in [2.45, 2.75) is 13.5 Å². The van der Waals surface area contributed by atoms with Crippen molar-refractivity contribution in [2.24, 2.45) is 0 Å². The molecule has 1 N–H and O–H groups in total. The fourth-order valence-electron chi connectivity index (χ4n) is 3.08. The van der Waals surface area contributed by atoms with Crippen LogP contribution < -0.4 is 14.8 Å². The molecular weight excluding hydrogens is 414 g/mol. The molecule has 1 saturated heterocycles. The molecule has 1 aliphatic rings. The lowest BCUT2D eigenvalue weighted by Gasteiger charge is -2.25. The van der Waals surface area contributed by atoms with Crippen molar-refractivity contribution in [3.8, 4) is 17.2 Å². The lowest BCUT2D eigenvalue weighted by molar-refractivity contribution is -0.118. The number of rotatable bonds is 8. The van der Waals surface area contributed by atoms with Crippen LogP contribution in [0.4, 0.5) is 5.13 Å². The number of anilines is 1. The van der Waals surface area contributed by atoms with E-state index in [0.717, 1.165) is 44.3 Å². The number of ether oxygens (including phenoxy) is 3. The SMILES string of the molecule is Cc1ccc(Oc2ccc(OCC(=O)Nc3nc(CN4CCOCC4)cs3)cc2)cc1. The van der Waals surface area contributed by atoms with E-state index in [1.54, 1.807) is 12.1 Å². The minimum atomic E-state index is -0.243. The van der Waals surface area contributed by atoms with Crippen molar-refractivity contribution >= 4 is 22.4 Å². The molecule has 0 unspecified atom stereocenters. The van der Waals surface area contributed by atoms with Crippen LogP contribution in [0.1, 0.15) is 11.3 Å². The molecule has 0 atom stereocenters. The van der Waals surface area contributed by atoms with Crippen molar-refractivity contribution in [3.63, 3.8) is 0 Å². The van der Waals surface area contributed by atoms with E-state index in [1.165, 1.54) is 16.9 Å². The van der Waals surface area contributed by atoms with E-state index >= 15 is 0 Å². The average Bonchev–Trinajstić information content (AvgIpc) is 3.22. The Morgan fingerprint density at radius 2 is 1.71 bits per heavy atom. The second kappa shape index (κ2) is 10.4. The smallest absolute Gasteiger partial charge is 0.264 e. The monoisotopic (exact) mass is 439 g/mol. The van der Waals surface area contributed by atoms with Crippen LogP contribution >= 0.6 is 11.3 Å². The highest BCUT2D eigenvalue weighted by molar-refractivity contribution is 7.13. The van der Waals surface area contributed by atoms with Crippen LogP contribution in [0.5, 0.6) is 17.2 Å². The van der Waals surface area contributed by atoms with Gasteiger partial charge in [0.25, 0.3) is 5.91 Å². The molecule has 1 fully saturated rings. The molecule has 2 aromatic carbocycles. The Balaban J connectivity index is 1.22. The number of aromatic nitrogens is 1. The van der Waals surface area contributed by atoms with Gasteiger partial charge in [0.15, 0.2) is 11.7 Å². The first-order valence-electron chi connectivity index (χ1n) is 10.2. The quantitative estimate of drug-likeness (QED) is 0.570. The number of aryl methyl sites for hydroxylation is 1. The molecule has 1 aromatic heterocycles. The van der Waals surface area contributed by atoms with Gasteiger partial charge in [-0.15, -0.1) is 11.3 Å². The second-order valence-electron chi connectivity index (χ2n) is 7.26. The summed E-state index contributed by atoms with van der Waals surface area (Å²) in [5, 5.41) is 5.35. The zero-order chi connectivity index (χ0) is 21.5. The minimum Gasteiger partial charge on any atom is -0.484 e. The van der Waals surface area contributed by atoms with Crippen molar-refractivity contribution in [1.82, 2.24) is 9.88 Å². The molecule has 0 radical (unpaired) electrons. The lowest BCUT2D eigenvalue weighted by Crippen LogP contribution is -2.35. The fraction of sp³-hybridized carbons (Fsp3) is 0.304. The van der Waals surface area contributed by atoms with Crippen molar-refractivity contribution < 1.29 is 19.0 Å². The molecule has 2 heterocycles. The van der Waals surface area contributed by atoms with Crippen LogP contribution in [-0.4, -0.2) is 48.7 Å². The molecule has 0 saturated carbocycles. The summed E-state index contributed by atoms with van der Waals surface area (Å²) < 4.78 is 16.7. The molecule has 7 nitrogen and oxygen atoms in total. The van der Waals surface area contributed by atoms with Gasteiger partial charge in [-0.25, -0.2) is 4.98 Å². The Hall–Kier alpha value is -2.94. The Bertz CT molecular complexity index is 983. The molecule has 0 aliphatic carbocycles. The topological polar surface area (TPSA) is 72.9 Å². The fourth-order valence-corrected chi connectivity index (χ4v) is 3.79. The van der Waals surface area contributed by atoms with Gasteiger partial charge in [-0.05, 0) is 43.3 Å². The molecule has 1 aliphatic heterocycles. The van der Waals surface area contributed by atoms with Gasteiger partial charge in [-0.2, -0.15) is 0 Å². The molecule has 162 valence electrons. The van der Waals surface area contributed by atoms with E-state index in [-0.39, 0.29) is 12.5 Å². The Kier molecular flexibility index (Phi) is 7.14. The molecule has 0 bridgehead atoms. The Morgan fingerprint density at radius 1 is 1.06 bits per heavy atom. The second-order valence-corrected chi connectivity index (χ2v) is 8.11. The first-order chi connectivity index (χ1) is 15.1. The van der Waals surface area contributed by atoms with Crippen LogP contribution in [0.15, 0.2) is 53.9 Å². The summed E-state index contributed by atoms with van der Waals surface area (Å²) in [7, 11) is 0. The number of carbonyl (C=O) groups excluding carboxylic acids is 1. The number of hydrogen-bond donors (Lipinski definition) is 1. The maximum absolute atomic E-state index is 12.2. The standard InChI is InChI=1S/C23H25N3O4S/c1-17-2-4-20(5-3-17)30-21-8-6-19(7-9-21)29-15-22(27)25-23-24-18(16-31-23)14-26-10-12-28-13-11-26/h2-9,16H,10-15H2,1H3,(H,24,25,27). The molecular formula is C23H25N3O4S. The summed E-state index contributed by atoms with van der Waals surface area (Å²) in [5.41, 5.74) is 2.13. The van der Waals surface area contributed by atoms with Gasteiger partial charge in [-0.3, -0.25) is 15.0 Å². The highest BCUT2D eigenvalue weighted by Crippen LogP contribution is 2.24. The van der Waals surface area contributed by atoms with E-state index in [4.69, 9.17) is 14.2 Å². The number of morpholine rings is 1. The summed E-state index contributed by atoms with van der Waals surface area (Å²) in [6.07, 6.45) is 0. The van der Waals surface area contributed by atoms with E-state index in [9.17, 15) is 4.79 Å². The first-order valence-corrected chi connectivity index (χ1v) is 11.0. The van der Waals surface area contributed by atoms with Gasteiger partial charge in [0, 0.05) is 25.0 Å². The van der Waals surface area contributed by atoms with Crippen molar-refractivity contribution in [1.29, 1.82) is 0 Å². The molecule has 8 heteroatoms. The summed E-state index contributed by atoms with van der Waals surface area (Å²) >= 11 is 1.42. The van der Waals surface area contributed by atoms with Crippen molar-refractivity contribution in [2.75, 3.05) is 38.2 Å². The van der Waals surface area contributed by atoms with Crippen molar-refractivity contribution in [3.05, 3.63) is 65.2 Å². The third kappa shape index (κ3) is 6.52. The maximum Gasteiger partial charge on any atom is 0.264 e. The number of nitrogens with zero attached hydrogens (tertiary/aromatic N) is 2. The summed E-state index contributed by atoms with van der Waals surface area (Å²) in [6.45, 7) is 6.03. The minimum absolute atomic E-state index is 0.0868. The third-order valence-corrected chi connectivity index (χ3v) is 5.54. The lowest BCUT2D eigenvalue weighted by atomic mass is 10.2. The van der Waals surface area contributed by atoms with Crippen LogP contribution in [0.2, 0.25) is 0 Å². The summed E-state index contributed by atoms with van der Waals surface area (Å²) in [5.74, 6) is 1.83. The molecule has 1 amide bonds. The summed E-state index contributed by atoms with van der Waals surface area (Å²) in [4.78, 5) is 19.0. The molecule has 0 spiro atoms. The Labute approximate surface area is 185 Å². The highest BCUT2D eigenvalue weighted by atomic mass is 32.1. The predicted molar refractivity (Wildman–Crippen MR) is 120 cm³/mol. The zero-order valence-electron chi connectivity index (χ0n) is 17.4. The van der Waals surface area contributed by atoms with Gasteiger partial charge in [0.2, 0.25) is 0 Å². The number of nitrogens with one attached hydrogen (secondary N) is 1. The Morgan fingerprint density at radius 3 is 2.42 bits per heavy atom. The van der Waals surface area contributed by atoms with Crippen LogP contribution in [-0.2, 0) is 16.1 Å². The number of benzene rings is 2. The number of hydrogen-bond acceptors (Lipinski definition) is 7. The normalized spacial score (nSPS) is 14.2. The summed E-state index contributed by atoms with van der Waals surface area (Å²) in [6, 6.07) is 15.0. The third-order valence-electron chi connectivity index (χ3n) is 4.74. The average molecular weight is 440 g/mol. The van der Waals surface area contributed by atoms with Gasteiger partial charge in [0.1, 0.15) is 17.2 Å². The van der Waals surface area contributed by atoms with E-state index < -0.39 is 0 Å². The maximum atomic E-state index is 12.2. The largest absolute Gasteiger partial charge is 0.484 e. The highest BCUT2D eigenvalue weighted by Gasteiger charge is 2.13. The van der Waals surface area contributed by atoms with Crippen LogP contribution in [0.25, 0.3) is 0 Å².